The van der Waals surface area contributed by atoms with Gasteiger partial charge in [-0.25, -0.2) is 0 Å². The van der Waals surface area contributed by atoms with Crippen LogP contribution >= 0.6 is 0 Å². The van der Waals surface area contributed by atoms with Crippen molar-refractivity contribution >= 4 is 17.9 Å². The lowest BCUT2D eigenvalue weighted by Crippen LogP contribution is -2.31. The van der Waals surface area contributed by atoms with Crippen molar-refractivity contribution in [2.75, 3.05) is 0 Å². The second kappa shape index (κ2) is 13.5. The molecule has 3 atom stereocenters. The van der Waals surface area contributed by atoms with E-state index in [-0.39, 0.29) is 76.2 Å². The molecule has 10 heteroatoms. The number of hydrogen-bond acceptors (Lipinski definition) is 10. The number of Topliss-reactive ketones (excluding diaryl/α,β-unsaturated/α-hetero) is 1. The third-order valence-electron chi connectivity index (χ3n) is 9.01. The van der Waals surface area contributed by atoms with E-state index in [1.54, 1.807) is 26.0 Å². The summed E-state index contributed by atoms with van der Waals surface area (Å²) in [5, 5.41) is 95.7. The molecule has 256 valence electrons. The molecule has 0 amide bonds. The fourth-order valence-corrected chi connectivity index (χ4v) is 6.58. The van der Waals surface area contributed by atoms with Gasteiger partial charge >= 0.3 is 0 Å². The second-order valence-electron chi connectivity index (χ2n) is 13.3. The molecule has 0 saturated heterocycles. The lowest BCUT2D eigenvalue weighted by molar-refractivity contribution is 0.0711. The van der Waals surface area contributed by atoms with Gasteiger partial charge in [-0.05, 0) is 93.6 Å². The summed E-state index contributed by atoms with van der Waals surface area (Å²) in [7, 11) is 0. The van der Waals surface area contributed by atoms with Crippen molar-refractivity contribution in [1.29, 1.82) is 0 Å². The average Bonchev–Trinajstić information content (AvgIpc) is 2.99. The van der Waals surface area contributed by atoms with Crippen LogP contribution in [0.2, 0.25) is 0 Å². The summed E-state index contributed by atoms with van der Waals surface area (Å²) in [6.07, 6.45) is 5.36. The molecular formula is C39H40O10. The van der Waals surface area contributed by atoms with Crippen molar-refractivity contribution < 1.29 is 50.8 Å². The summed E-state index contributed by atoms with van der Waals surface area (Å²) in [6.45, 7) is 4.99. The lowest BCUT2D eigenvalue weighted by atomic mass is 9.65. The third kappa shape index (κ3) is 7.44. The first kappa shape index (κ1) is 34.7. The smallest absolute Gasteiger partial charge is 0.171 e. The first-order valence-corrected chi connectivity index (χ1v) is 15.8. The highest BCUT2D eigenvalue weighted by Gasteiger charge is 2.43. The van der Waals surface area contributed by atoms with Crippen molar-refractivity contribution in [2.45, 2.75) is 57.5 Å². The van der Waals surface area contributed by atoms with Gasteiger partial charge in [-0.1, -0.05) is 29.9 Å². The van der Waals surface area contributed by atoms with Crippen LogP contribution in [-0.2, 0) is 6.42 Å². The molecule has 0 spiro atoms. The Bertz CT molecular complexity index is 1940. The van der Waals surface area contributed by atoms with Crippen molar-refractivity contribution in [2.24, 2.45) is 5.92 Å². The molecule has 49 heavy (non-hydrogen) atoms. The molecule has 4 aromatic rings. The zero-order valence-corrected chi connectivity index (χ0v) is 27.3. The minimum Gasteiger partial charge on any atom is -0.508 e. The predicted octanol–water partition coefficient (Wildman–Crippen LogP) is 6.92. The SMILES string of the molecule is CC1=CC(c2c(O)cc(/C=C/c3ccc(O)cc3O)cc2O)C(C(=O)c2ccc(O)c(CCC(C)(C)O)c2O)C(c2ccc(O)cc2O)C1. The molecule has 0 aromatic heterocycles. The van der Waals surface area contributed by atoms with E-state index in [0.29, 0.717) is 16.7 Å². The summed E-state index contributed by atoms with van der Waals surface area (Å²) in [5.74, 6) is -5.51. The number of aliphatic hydroxyl groups is 1. The zero-order valence-electron chi connectivity index (χ0n) is 27.3. The summed E-state index contributed by atoms with van der Waals surface area (Å²) in [6, 6.07) is 13.5. The van der Waals surface area contributed by atoms with Gasteiger partial charge in [0.25, 0.3) is 0 Å². The maximum atomic E-state index is 14.7. The topological polar surface area (TPSA) is 199 Å². The van der Waals surface area contributed by atoms with Gasteiger partial charge in [0, 0.05) is 46.6 Å². The molecule has 1 aliphatic carbocycles. The van der Waals surface area contributed by atoms with E-state index in [9.17, 15) is 50.8 Å². The average molecular weight is 669 g/mol. The van der Waals surface area contributed by atoms with Crippen LogP contribution in [-0.4, -0.2) is 57.3 Å². The van der Waals surface area contributed by atoms with Gasteiger partial charge in [-0.3, -0.25) is 4.79 Å². The van der Waals surface area contributed by atoms with E-state index in [2.05, 4.69) is 0 Å². The Morgan fingerprint density at radius 1 is 0.776 bits per heavy atom. The van der Waals surface area contributed by atoms with Gasteiger partial charge in [0.2, 0.25) is 0 Å². The molecule has 10 nitrogen and oxygen atoms in total. The minimum absolute atomic E-state index is 0.0332. The van der Waals surface area contributed by atoms with Crippen molar-refractivity contribution in [3.8, 4) is 46.0 Å². The maximum absolute atomic E-state index is 14.7. The number of ketones is 1. The maximum Gasteiger partial charge on any atom is 0.171 e. The van der Waals surface area contributed by atoms with Crippen LogP contribution in [0, 0.1) is 5.92 Å². The second-order valence-corrected chi connectivity index (χ2v) is 13.3. The van der Waals surface area contributed by atoms with Crippen LogP contribution in [0.4, 0.5) is 0 Å². The van der Waals surface area contributed by atoms with E-state index in [0.717, 1.165) is 11.6 Å². The predicted molar refractivity (Wildman–Crippen MR) is 184 cm³/mol. The van der Waals surface area contributed by atoms with E-state index in [4.69, 9.17) is 0 Å². The number of hydrogen-bond donors (Lipinski definition) is 9. The first-order valence-electron chi connectivity index (χ1n) is 15.8. The van der Waals surface area contributed by atoms with Gasteiger partial charge in [0.05, 0.1) is 11.2 Å². The zero-order chi connectivity index (χ0) is 35.8. The van der Waals surface area contributed by atoms with Crippen LogP contribution in [0.5, 0.6) is 46.0 Å². The Hall–Kier alpha value is -5.61. The van der Waals surface area contributed by atoms with Gasteiger partial charge in [-0.2, -0.15) is 0 Å². The van der Waals surface area contributed by atoms with Gasteiger partial charge in [0.15, 0.2) is 5.78 Å². The number of carbonyl (C=O) groups is 1. The largest absolute Gasteiger partial charge is 0.508 e. The number of allylic oxidation sites excluding steroid dienone is 2. The Morgan fingerprint density at radius 2 is 1.41 bits per heavy atom. The van der Waals surface area contributed by atoms with Crippen molar-refractivity contribution in [3.63, 3.8) is 0 Å². The molecule has 9 N–H and O–H groups in total. The molecule has 4 aromatic carbocycles. The molecule has 0 radical (unpaired) electrons. The molecule has 0 bridgehead atoms. The Morgan fingerprint density at radius 3 is 2.02 bits per heavy atom. The number of phenols is 8. The molecule has 0 heterocycles. The van der Waals surface area contributed by atoms with Crippen molar-refractivity contribution in [3.05, 3.63) is 106 Å². The first-order chi connectivity index (χ1) is 23.0. The van der Waals surface area contributed by atoms with Crippen LogP contribution in [0.25, 0.3) is 12.2 Å². The van der Waals surface area contributed by atoms with E-state index >= 15 is 0 Å². The standard InChI is InChI=1S/C39H40O10/c1-20-14-28(25-9-8-24(41)19-32(25)44)35(38(48)27-10-11-30(42)26(37(27)47)12-13-39(2,3)49)29(15-20)36-33(45)16-21(17-34(36)46)4-5-22-6-7-23(40)18-31(22)43/h4-11,15-19,28-29,35,40-47,49H,12-14H2,1-3H3/b5-4+. The van der Waals surface area contributed by atoms with E-state index < -0.39 is 34.9 Å². The number of carbonyl (C=O) groups excluding carboxylic acids is 1. The van der Waals surface area contributed by atoms with Crippen molar-refractivity contribution in [1.82, 2.24) is 0 Å². The molecule has 3 unspecified atom stereocenters. The Balaban J connectivity index is 1.63. The van der Waals surface area contributed by atoms with E-state index in [1.807, 2.05) is 6.92 Å². The number of aromatic hydroxyl groups is 8. The van der Waals surface area contributed by atoms with Crippen LogP contribution in [0.3, 0.4) is 0 Å². The molecule has 1 aliphatic rings. The number of phenolic OH excluding ortho intramolecular Hbond substituents is 8. The van der Waals surface area contributed by atoms with Gasteiger partial charge in [-0.15, -0.1) is 0 Å². The van der Waals surface area contributed by atoms with Crippen LogP contribution in [0.15, 0.2) is 72.3 Å². The molecule has 0 saturated carbocycles. The van der Waals surface area contributed by atoms with Crippen LogP contribution in [0.1, 0.15) is 83.6 Å². The lowest BCUT2D eigenvalue weighted by Gasteiger charge is -2.37. The summed E-state index contributed by atoms with van der Waals surface area (Å²) < 4.78 is 0. The fraction of sp³-hybridized carbons (Fsp3) is 0.256. The van der Waals surface area contributed by atoms with Gasteiger partial charge in [0.1, 0.15) is 46.0 Å². The molecule has 5 rings (SSSR count). The van der Waals surface area contributed by atoms with Gasteiger partial charge < -0.3 is 46.0 Å². The Kier molecular flexibility index (Phi) is 9.55. The minimum atomic E-state index is -1.11. The summed E-state index contributed by atoms with van der Waals surface area (Å²) in [4.78, 5) is 14.7. The molecule has 0 aliphatic heterocycles. The van der Waals surface area contributed by atoms with Crippen LogP contribution < -0.4 is 0 Å². The number of rotatable bonds is 9. The summed E-state index contributed by atoms with van der Waals surface area (Å²) >= 11 is 0. The normalized spacial score (nSPS) is 18.0. The quantitative estimate of drug-likeness (QED) is 0.0512. The highest BCUT2D eigenvalue weighted by atomic mass is 16.3. The molecular weight excluding hydrogens is 628 g/mol. The fourth-order valence-electron chi connectivity index (χ4n) is 6.58. The van der Waals surface area contributed by atoms with E-state index in [1.165, 1.54) is 60.7 Å². The highest BCUT2D eigenvalue weighted by Crippen LogP contribution is 2.53. The third-order valence-corrected chi connectivity index (χ3v) is 9.01. The highest BCUT2D eigenvalue weighted by molar-refractivity contribution is 6.02. The monoisotopic (exact) mass is 668 g/mol. The molecule has 0 fully saturated rings. The Labute approximate surface area is 283 Å². The summed E-state index contributed by atoms with van der Waals surface area (Å²) in [5.41, 5.74) is 0.748. The number of benzene rings is 4.